The lowest BCUT2D eigenvalue weighted by Crippen LogP contribution is -2.48. The molecule has 6 nitrogen and oxygen atoms in total. The number of methoxy groups -OCH3 is 1. The second kappa shape index (κ2) is 6.02. The van der Waals surface area contributed by atoms with E-state index in [0.29, 0.717) is 18.5 Å². The molecule has 0 saturated heterocycles. The summed E-state index contributed by atoms with van der Waals surface area (Å²) in [7, 11) is 1.28. The number of nitrogens with one attached hydrogen (secondary N) is 2. The average Bonchev–Trinajstić information content (AvgIpc) is 3.27. The molecule has 0 bridgehead atoms. The number of para-hydroxylation sites is 1. The van der Waals surface area contributed by atoms with Crippen molar-refractivity contribution in [3.8, 4) is 0 Å². The molecule has 124 valence electrons. The zero-order valence-corrected chi connectivity index (χ0v) is 13.9. The Bertz CT molecular complexity index is 642. The number of ether oxygens (including phenoxy) is 1. The highest BCUT2D eigenvalue weighted by Crippen LogP contribution is 2.47. The minimum Gasteiger partial charge on any atom is -0.465 e. The van der Waals surface area contributed by atoms with Crippen molar-refractivity contribution < 1.29 is 19.1 Å². The molecule has 1 saturated carbocycles. The largest absolute Gasteiger partial charge is 0.465 e. The summed E-state index contributed by atoms with van der Waals surface area (Å²) in [5.41, 5.74) is -0.845. The van der Waals surface area contributed by atoms with Gasteiger partial charge in [-0.25, -0.2) is 4.79 Å². The van der Waals surface area contributed by atoms with Crippen molar-refractivity contribution in [3.05, 3.63) is 29.8 Å². The first kappa shape index (κ1) is 17.0. The van der Waals surface area contributed by atoms with Gasteiger partial charge >= 0.3 is 5.97 Å². The predicted molar refractivity (Wildman–Crippen MR) is 86.0 cm³/mol. The summed E-state index contributed by atoms with van der Waals surface area (Å²) in [4.78, 5) is 36.7. The van der Waals surface area contributed by atoms with Crippen molar-refractivity contribution >= 4 is 23.5 Å². The summed E-state index contributed by atoms with van der Waals surface area (Å²) < 4.78 is 4.70. The molecule has 0 heterocycles. The minimum absolute atomic E-state index is 0.260. The number of hydrogen-bond donors (Lipinski definition) is 2. The molecule has 1 aromatic carbocycles. The van der Waals surface area contributed by atoms with Crippen LogP contribution in [0.3, 0.4) is 0 Å². The third-order valence-corrected chi connectivity index (χ3v) is 3.69. The third-order valence-electron chi connectivity index (χ3n) is 3.69. The summed E-state index contributed by atoms with van der Waals surface area (Å²) in [5.74, 6) is -1.21. The lowest BCUT2D eigenvalue weighted by molar-refractivity contribution is -0.135. The van der Waals surface area contributed by atoms with E-state index in [2.05, 4.69) is 10.6 Å². The van der Waals surface area contributed by atoms with Crippen LogP contribution in [0.2, 0.25) is 0 Å². The number of esters is 1. The van der Waals surface area contributed by atoms with Gasteiger partial charge in [0.25, 0.3) is 0 Å². The summed E-state index contributed by atoms with van der Waals surface area (Å²) in [6, 6.07) is 6.57. The van der Waals surface area contributed by atoms with Gasteiger partial charge in [0.2, 0.25) is 11.8 Å². The molecule has 0 unspecified atom stereocenters. The van der Waals surface area contributed by atoms with Crippen LogP contribution in [0.4, 0.5) is 5.69 Å². The second-order valence-electron chi connectivity index (χ2n) is 6.78. The molecule has 0 aromatic heterocycles. The second-order valence-corrected chi connectivity index (χ2v) is 6.78. The highest BCUT2D eigenvalue weighted by molar-refractivity contribution is 6.14. The monoisotopic (exact) mass is 318 g/mol. The predicted octanol–water partition coefficient (Wildman–Crippen LogP) is 2.11. The van der Waals surface area contributed by atoms with E-state index in [1.165, 1.54) is 7.11 Å². The Hall–Kier alpha value is -2.37. The van der Waals surface area contributed by atoms with E-state index in [1.54, 1.807) is 24.3 Å². The zero-order chi connectivity index (χ0) is 17.3. The van der Waals surface area contributed by atoms with Crippen LogP contribution in [0.5, 0.6) is 0 Å². The van der Waals surface area contributed by atoms with Gasteiger partial charge < -0.3 is 15.4 Å². The van der Waals surface area contributed by atoms with Crippen LogP contribution in [0.15, 0.2) is 24.3 Å². The Labute approximate surface area is 135 Å². The van der Waals surface area contributed by atoms with E-state index in [-0.39, 0.29) is 11.5 Å². The van der Waals surface area contributed by atoms with Crippen molar-refractivity contribution in [2.24, 2.45) is 5.41 Å². The van der Waals surface area contributed by atoms with Crippen molar-refractivity contribution in [2.75, 3.05) is 12.4 Å². The molecule has 1 fully saturated rings. The molecule has 0 atom stereocenters. The number of rotatable bonds is 4. The molecule has 2 rings (SSSR count). The number of anilines is 1. The van der Waals surface area contributed by atoms with E-state index in [9.17, 15) is 14.4 Å². The van der Waals surface area contributed by atoms with Crippen LogP contribution in [-0.2, 0) is 14.3 Å². The number of benzene rings is 1. The standard InChI is InChI=1S/C17H22N2O4/c1-16(2,3)19-15(22)17(9-10-17)14(21)18-12-8-6-5-7-11(12)13(20)23-4/h5-8H,9-10H2,1-4H3,(H,18,21)(H,19,22). The maximum absolute atomic E-state index is 12.6. The topological polar surface area (TPSA) is 84.5 Å². The quantitative estimate of drug-likeness (QED) is 0.658. The molecule has 0 spiro atoms. The van der Waals surface area contributed by atoms with E-state index in [4.69, 9.17) is 4.74 Å². The number of carbonyl (C=O) groups excluding carboxylic acids is 3. The van der Waals surface area contributed by atoms with Gasteiger partial charge in [0.1, 0.15) is 5.41 Å². The van der Waals surface area contributed by atoms with E-state index < -0.39 is 22.8 Å². The van der Waals surface area contributed by atoms with Crippen molar-refractivity contribution in [3.63, 3.8) is 0 Å². The first-order chi connectivity index (χ1) is 10.7. The molecular formula is C17H22N2O4. The van der Waals surface area contributed by atoms with Gasteiger partial charge in [0, 0.05) is 5.54 Å². The Morgan fingerprint density at radius 2 is 1.70 bits per heavy atom. The van der Waals surface area contributed by atoms with Crippen molar-refractivity contribution in [2.45, 2.75) is 39.2 Å². The highest BCUT2D eigenvalue weighted by atomic mass is 16.5. The number of amides is 2. The normalized spacial score (nSPS) is 15.5. The molecule has 2 N–H and O–H groups in total. The molecule has 1 aliphatic carbocycles. The molecule has 1 aliphatic rings. The SMILES string of the molecule is COC(=O)c1ccccc1NC(=O)C1(C(=O)NC(C)(C)C)CC1. The van der Waals surface area contributed by atoms with Crippen LogP contribution >= 0.6 is 0 Å². The first-order valence-electron chi connectivity index (χ1n) is 7.51. The van der Waals surface area contributed by atoms with Crippen LogP contribution in [0.1, 0.15) is 44.0 Å². The first-order valence-corrected chi connectivity index (χ1v) is 7.51. The average molecular weight is 318 g/mol. The summed E-state index contributed by atoms with van der Waals surface area (Å²) in [6.07, 6.45) is 1.00. The smallest absolute Gasteiger partial charge is 0.339 e. The maximum atomic E-state index is 12.6. The van der Waals surface area contributed by atoms with Gasteiger partial charge in [0.05, 0.1) is 18.4 Å². The number of hydrogen-bond acceptors (Lipinski definition) is 4. The summed E-state index contributed by atoms with van der Waals surface area (Å²) in [6.45, 7) is 5.60. The van der Waals surface area contributed by atoms with E-state index in [1.807, 2.05) is 20.8 Å². The molecule has 2 amide bonds. The molecule has 0 aliphatic heterocycles. The molecule has 0 radical (unpaired) electrons. The van der Waals surface area contributed by atoms with Gasteiger partial charge in [-0.2, -0.15) is 0 Å². The van der Waals surface area contributed by atoms with Gasteiger partial charge in [0.15, 0.2) is 0 Å². The molecule has 6 heteroatoms. The maximum Gasteiger partial charge on any atom is 0.339 e. The number of carbonyl (C=O) groups is 3. The van der Waals surface area contributed by atoms with Gasteiger partial charge in [-0.1, -0.05) is 12.1 Å². The minimum atomic E-state index is -1.05. The fourth-order valence-electron chi connectivity index (χ4n) is 2.26. The van der Waals surface area contributed by atoms with Crippen LogP contribution < -0.4 is 10.6 Å². The fourth-order valence-corrected chi connectivity index (χ4v) is 2.26. The van der Waals surface area contributed by atoms with Crippen LogP contribution in [0.25, 0.3) is 0 Å². The third kappa shape index (κ3) is 3.70. The Balaban J connectivity index is 2.17. The zero-order valence-electron chi connectivity index (χ0n) is 13.9. The lowest BCUT2D eigenvalue weighted by Gasteiger charge is -2.24. The van der Waals surface area contributed by atoms with Gasteiger partial charge in [-0.05, 0) is 45.7 Å². The Kier molecular flexibility index (Phi) is 4.45. The molecule has 23 heavy (non-hydrogen) atoms. The summed E-state index contributed by atoms with van der Waals surface area (Å²) >= 11 is 0. The Morgan fingerprint density at radius 1 is 1.09 bits per heavy atom. The van der Waals surface area contributed by atoms with Crippen LogP contribution in [0, 0.1) is 5.41 Å². The van der Waals surface area contributed by atoms with Crippen LogP contribution in [-0.4, -0.2) is 30.4 Å². The van der Waals surface area contributed by atoms with Crippen molar-refractivity contribution in [1.29, 1.82) is 0 Å². The fraction of sp³-hybridized carbons (Fsp3) is 0.471. The van der Waals surface area contributed by atoms with Crippen molar-refractivity contribution in [1.82, 2.24) is 5.32 Å². The highest BCUT2D eigenvalue weighted by Gasteiger charge is 2.57. The molecule has 1 aromatic rings. The molecular weight excluding hydrogens is 296 g/mol. The summed E-state index contributed by atoms with van der Waals surface area (Å²) in [5, 5.41) is 5.54. The van der Waals surface area contributed by atoms with Gasteiger partial charge in [-0.15, -0.1) is 0 Å². The Morgan fingerprint density at radius 3 is 2.22 bits per heavy atom. The lowest BCUT2D eigenvalue weighted by atomic mass is 10.0. The van der Waals surface area contributed by atoms with E-state index >= 15 is 0 Å². The van der Waals surface area contributed by atoms with E-state index in [0.717, 1.165) is 0 Å². The van der Waals surface area contributed by atoms with Gasteiger partial charge in [-0.3, -0.25) is 9.59 Å².